The topological polar surface area (TPSA) is 71.0 Å². The zero-order valence-electron chi connectivity index (χ0n) is 23.2. The Kier molecular flexibility index (Phi) is 10.1. The van der Waals surface area contributed by atoms with E-state index in [1.807, 2.05) is 12.1 Å². The van der Waals surface area contributed by atoms with Crippen molar-refractivity contribution in [3.63, 3.8) is 0 Å². The smallest absolute Gasteiger partial charge is 0.236 e. The Hall–Kier alpha value is -2.97. The molecule has 3 heterocycles. The third kappa shape index (κ3) is 7.11. The minimum atomic E-state index is 0.191. The highest BCUT2D eigenvalue weighted by atomic mass is 16.7. The lowest BCUT2D eigenvalue weighted by Gasteiger charge is -2.30. The van der Waals surface area contributed by atoms with E-state index in [4.69, 9.17) is 9.47 Å². The van der Waals surface area contributed by atoms with Crippen molar-refractivity contribution in [1.82, 2.24) is 24.7 Å². The number of carbonyl (C=O) groups is 1. The molecule has 1 amide bonds. The number of rotatable bonds is 14. The van der Waals surface area contributed by atoms with Crippen LogP contribution in [-0.2, 0) is 11.2 Å². The van der Waals surface area contributed by atoms with Gasteiger partial charge in [-0.05, 0) is 70.1 Å². The Balaban J connectivity index is 1.53. The number of unbranched alkanes of at least 4 members (excludes halogenated alkanes) is 1. The van der Waals surface area contributed by atoms with Gasteiger partial charge in [-0.3, -0.25) is 9.69 Å². The molecule has 38 heavy (non-hydrogen) atoms. The molecule has 8 heteroatoms. The van der Waals surface area contributed by atoms with Crippen molar-refractivity contribution in [2.45, 2.75) is 51.0 Å². The second-order valence-corrected chi connectivity index (χ2v) is 10.7. The van der Waals surface area contributed by atoms with E-state index in [1.54, 1.807) is 12.5 Å². The fourth-order valence-electron chi connectivity index (χ4n) is 5.69. The molecule has 0 aliphatic carbocycles. The number of ether oxygens (including phenoxy) is 2. The van der Waals surface area contributed by atoms with Crippen LogP contribution in [0.25, 0.3) is 0 Å². The first-order valence-corrected chi connectivity index (χ1v) is 13.9. The van der Waals surface area contributed by atoms with Gasteiger partial charge in [0.25, 0.3) is 0 Å². The van der Waals surface area contributed by atoms with E-state index in [0.29, 0.717) is 6.54 Å². The van der Waals surface area contributed by atoms with E-state index in [9.17, 15) is 4.79 Å². The Morgan fingerprint density at radius 3 is 2.71 bits per heavy atom. The Labute approximate surface area is 227 Å². The molecule has 0 N–H and O–H groups in total. The lowest BCUT2D eigenvalue weighted by Crippen LogP contribution is -2.44. The van der Waals surface area contributed by atoms with Crippen molar-refractivity contribution < 1.29 is 14.3 Å². The minimum Gasteiger partial charge on any atom is -0.454 e. The Morgan fingerprint density at radius 1 is 1.16 bits per heavy atom. The van der Waals surface area contributed by atoms with Crippen molar-refractivity contribution in [3.05, 3.63) is 60.7 Å². The summed E-state index contributed by atoms with van der Waals surface area (Å²) in [6.07, 6.45) is 10.3. The zero-order valence-corrected chi connectivity index (χ0v) is 23.2. The highest BCUT2D eigenvalue weighted by Gasteiger charge is 2.41. The summed E-state index contributed by atoms with van der Waals surface area (Å²) in [5, 5.41) is 0. The molecule has 2 aliphatic rings. The molecule has 2 aromatic rings. The van der Waals surface area contributed by atoms with Crippen LogP contribution >= 0.6 is 0 Å². The summed E-state index contributed by atoms with van der Waals surface area (Å²) in [5.74, 6) is 2.24. The van der Waals surface area contributed by atoms with E-state index in [1.165, 1.54) is 5.56 Å². The van der Waals surface area contributed by atoms with Gasteiger partial charge in [-0.2, -0.15) is 0 Å². The van der Waals surface area contributed by atoms with Crippen LogP contribution in [-0.4, -0.2) is 90.2 Å². The summed E-state index contributed by atoms with van der Waals surface area (Å²) in [5.41, 5.74) is 2.23. The minimum absolute atomic E-state index is 0.191. The van der Waals surface area contributed by atoms with Crippen LogP contribution in [0.5, 0.6) is 11.5 Å². The van der Waals surface area contributed by atoms with Crippen LogP contribution in [0.1, 0.15) is 49.8 Å². The van der Waals surface area contributed by atoms with Crippen molar-refractivity contribution in [3.8, 4) is 11.5 Å². The molecule has 8 nitrogen and oxygen atoms in total. The average Bonchev–Trinajstić information content (AvgIpc) is 3.53. The number of amides is 1. The van der Waals surface area contributed by atoms with Gasteiger partial charge in [0.05, 0.1) is 6.54 Å². The molecular weight excluding hydrogens is 478 g/mol. The van der Waals surface area contributed by atoms with Crippen LogP contribution < -0.4 is 9.47 Å². The number of fused-ring (bicyclic) bond motifs is 1. The zero-order chi connectivity index (χ0) is 26.9. The second kappa shape index (κ2) is 13.7. The molecule has 4 rings (SSSR count). The summed E-state index contributed by atoms with van der Waals surface area (Å²) in [7, 11) is 4.16. The largest absolute Gasteiger partial charge is 0.454 e. The van der Waals surface area contributed by atoms with Crippen molar-refractivity contribution in [2.24, 2.45) is 5.92 Å². The van der Waals surface area contributed by atoms with Crippen molar-refractivity contribution >= 4 is 5.91 Å². The predicted molar refractivity (Wildman–Crippen MR) is 149 cm³/mol. The van der Waals surface area contributed by atoms with E-state index in [0.717, 1.165) is 75.5 Å². The van der Waals surface area contributed by atoms with Gasteiger partial charge >= 0.3 is 0 Å². The number of aromatic nitrogens is 2. The first-order valence-electron chi connectivity index (χ1n) is 13.9. The maximum absolute atomic E-state index is 13.7. The molecule has 0 spiro atoms. The monoisotopic (exact) mass is 521 g/mol. The van der Waals surface area contributed by atoms with E-state index in [-0.39, 0.29) is 30.6 Å². The maximum Gasteiger partial charge on any atom is 0.236 e. The standard InChI is InChI=1S/C30H43N5O3/c1-5-7-16-34(17-8-15-33(3)4)30(36)20-35-19-26(23-9-12-28-29(18-23)38-22-37-28)25(6-2)27(35)11-10-24-13-14-31-21-32-24/h6,9,12-14,18,21,25-27H,2,5,7-8,10-11,15-17,19-20,22H2,1,3-4H3/t25-,26-,27+/m1/s1. The maximum atomic E-state index is 13.7. The molecule has 1 aromatic heterocycles. The summed E-state index contributed by atoms with van der Waals surface area (Å²) in [6.45, 7) is 10.5. The summed E-state index contributed by atoms with van der Waals surface area (Å²) in [6, 6.07) is 8.40. The fraction of sp³-hybridized carbons (Fsp3) is 0.567. The first kappa shape index (κ1) is 28.0. The number of hydrogen-bond donors (Lipinski definition) is 0. The lowest BCUT2D eigenvalue weighted by atomic mass is 9.83. The first-order chi connectivity index (χ1) is 18.5. The molecular formula is C30H43N5O3. The lowest BCUT2D eigenvalue weighted by molar-refractivity contribution is -0.133. The van der Waals surface area contributed by atoms with Gasteiger partial charge in [0.1, 0.15) is 6.33 Å². The Morgan fingerprint density at radius 2 is 1.97 bits per heavy atom. The van der Waals surface area contributed by atoms with Crippen LogP contribution in [0, 0.1) is 5.92 Å². The van der Waals surface area contributed by atoms with Crippen molar-refractivity contribution in [1.29, 1.82) is 0 Å². The molecule has 0 bridgehead atoms. The number of hydrogen-bond acceptors (Lipinski definition) is 7. The predicted octanol–water partition coefficient (Wildman–Crippen LogP) is 3.99. The summed E-state index contributed by atoms with van der Waals surface area (Å²) in [4.78, 5) is 28.8. The van der Waals surface area contributed by atoms with Crippen molar-refractivity contribution in [2.75, 3.05) is 53.6 Å². The third-order valence-corrected chi connectivity index (χ3v) is 7.75. The summed E-state index contributed by atoms with van der Waals surface area (Å²) < 4.78 is 11.2. The molecule has 0 radical (unpaired) electrons. The number of carbonyl (C=O) groups excluding carboxylic acids is 1. The fourth-order valence-corrected chi connectivity index (χ4v) is 5.69. The molecule has 0 unspecified atom stereocenters. The van der Waals surface area contributed by atoms with E-state index >= 15 is 0 Å². The SMILES string of the molecule is C=C[C@@H]1[C@@H](c2ccc3c(c2)OCO3)CN(CC(=O)N(CCCC)CCCN(C)C)[C@H]1CCc1ccncn1. The average molecular weight is 522 g/mol. The molecule has 0 saturated carbocycles. The summed E-state index contributed by atoms with van der Waals surface area (Å²) >= 11 is 0. The van der Waals surface area contributed by atoms with Gasteiger partial charge in [0, 0.05) is 49.4 Å². The normalized spacial score (nSPS) is 20.7. The van der Waals surface area contributed by atoms with Gasteiger partial charge in [-0.15, -0.1) is 6.58 Å². The van der Waals surface area contributed by atoms with E-state index in [2.05, 4.69) is 70.5 Å². The van der Waals surface area contributed by atoms with Crippen LogP contribution in [0.3, 0.4) is 0 Å². The number of benzene rings is 1. The van der Waals surface area contributed by atoms with Gasteiger partial charge in [-0.25, -0.2) is 9.97 Å². The number of likely N-dealkylation sites (tertiary alicyclic amines) is 1. The molecule has 3 atom stereocenters. The quantitative estimate of drug-likeness (QED) is 0.348. The third-order valence-electron chi connectivity index (χ3n) is 7.75. The Bertz CT molecular complexity index is 1050. The van der Waals surface area contributed by atoms with Gasteiger partial charge in [0.2, 0.25) is 12.7 Å². The van der Waals surface area contributed by atoms with Gasteiger partial charge < -0.3 is 19.3 Å². The molecule has 1 saturated heterocycles. The molecule has 1 aromatic carbocycles. The number of aryl methyl sites for hydroxylation is 1. The molecule has 2 aliphatic heterocycles. The van der Waals surface area contributed by atoms with Crippen LogP contribution in [0.15, 0.2) is 49.4 Å². The molecule has 206 valence electrons. The highest BCUT2D eigenvalue weighted by Crippen LogP contribution is 2.43. The molecule has 1 fully saturated rings. The van der Waals surface area contributed by atoms with E-state index < -0.39 is 0 Å². The number of nitrogens with zero attached hydrogens (tertiary/aromatic N) is 5. The second-order valence-electron chi connectivity index (χ2n) is 10.7. The highest BCUT2D eigenvalue weighted by molar-refractivity contribution is 5.78. The van der Waals surface area contributed by atoms with Crippen LogP contribution in [0.4, 0.5) is 0 Å². The van der Waals surface area contributed by atoms with Gasteiger partial charge in [-0.1, -0.05) is 25.5 Å². The van der Waals surface area contributed by atoms with Gasteiger partial charge in [0.15, 0.2) is 11.5 Å². The van der Waals surface area contributed by atoms with Crippen LogP contribution in [0.2, 0.25) is 0 Å².